The quantitative estimate of drug-likeness (QED) is 0.869. The number of nitrogens with zero attached hydrogens (tertiary/aromatic N) is 2. The average Bonchev–Trinajstić information content (AvgIpc) is 2.57. The Balaban J connectivity index is 1.57. The first-order valence-corrected chi connectivity index (χ1v) is 7.67. The lowest BCUT2D eigenvalue weighted by Crippen LogP contribution is -2.45. The molecule has 2 saturated heterocycles. The SMILES string of the molecule is O=C(Nc1ccc(N2CCCCC2)nc1)C1CNCCO1. The minimum Gasteiger partial charge on any atom is -0.366 e. The number of carbonyl (C=O) groups is 1. The molecular formula is C15H22N4O2. The molecule has 2 aliphatic rings. The number of morpholine rings is 1. The highest BCUT2D eigenvalue weighted by molar-refractivity contribution is 5.94. The zero-order chi connectivity index (χ0) is 14.5. The second-order valence-electron chi connectivity index (χ2n) is 5.51. The molecule has 3 rings (SSSR count). The highest BCUT2D eigenvalue weighted by atomic mass is 16.5. The van der Waals surface area contributed by atoms with Crippen molar-refractivity contribution in [3.05, 3.63) is 18.3 Å². The van der Waals surface area contributed by atoms with Crippen molar-refractivity contribution in [2.75, 3.05) is 43.0 Å². The summed E-state index contributed by atoms with van der Waals surface area (Å²) in [4.78, 5) is 18.8. The second kappa shape index (κ2) is 6.87. The van der Waals surface area contributed by atoms with Gasteiger partial charge in [0.05, 0.1) is 18.5 Å². The van der Waals surface area contributed by atoms with Crippen LogP contribution in [-0.4, -0.2) is 49.8 Å². The predicted octanol–water partition coefficient (Wildman–Crippen LogP) is 0.999. The average molecular weight is 290 g/mol. The number of ether oxygens (including phenoxy) is 1. The third kappa shape index (κ3) is 3.71. The fourth-order valence-corrected chi connectivity index (χ4v) is 2.73. The van der Waals surface area contributed by atoms with Crippen LogP contribution in [0.25, 0.3) is 0 Å². The molecule has 1 aromatic heterocycles. The van der Waals surface area contributed by atoms with Crippen LogP contribution < -0.4 is 15.5 Å². The van der Waals surface area contributed by atoms with E-state index in [1.165, 1.54) is 19.3 Å². The molecule has 0 radical (unpaired) electrons. The van der Waals surface area contributed by atoms with Crippen LogP contribution in [0.2, 0.25) is 0 Å². The van der Waals surface area contributed by atoms with Gasteiger partial charge in [0, 0.05) is 26.2 Å². The number of piperidine rings is 1. The Morgan fingerprint density at radius 3 is 2.86 bits per heavy atom. The molecule has 6 nitrogen and oxygen atoms in total. The van der Waals surface area contributed by atoms with E-state index in [1.54, 1.807) is 6.20 Å². The van der Waals surface area contributed by atoms with Crippen molar-refractivity contribution in [1.29, 1.82) is 0 Å². The van der Waals surface area contributed by atoms with E-state index in [1.807, 2.05) is 12.1 Å². The Hall–Kier alpha value is -1.66. The fourth-order valence-electron chi connectivity index (χ4n) is 2.73. The van der Waals surface area contributed by atoms with Gasteiger partial charge >= 0.3 is 0 Å². The summed E-state index contributed by atoms with van der Waals surface area (Å²) in [6.07, 6.45) is 5.07. The molecule has 1 amide bonds. The van der Waals surface area contributed by atoms with Gasteiger partial charge in [-0.25, -0.2) is 4.98 Å². The van der Waals surface area contributed by atoms with E-state index in [4.69, 9.17) is 4.74 Å². The summed E-state index contributed by atoms with van der Waals surface area (Å²) in [7, 11) is 0. The molecule has 2 N–H and O–H groups in total. The van der Waals surface area contributed by atoms with E-state index in [-0.39, 0.29) is 5.91 Å². The molecule has 1 atom stereocenters. The molecular weight excluding hydrogens is 268 g/mol. The molecule has 0 bridgehead atoms. The maximum Gasteiger partial charge on any atom is 0.254 e. The van der Waals surface area contributed by atoms with E-state index in [2.05, 4.69) is 20.5 Å². The zero-order valence-electron chi connectivity index (χ0n) is 12.2. The summed E-state index contributed by atoms with van der Waals surface area (Å²) in [5, 5.41) is 6.00. The Morgan fingerprint density at radius 1 is 1.33 bits per heavy atom. The predicted molar refractivity (Wildman–Crippen MR) is 81.5 cm³/mol. The number of pyridine rings is 1. The summed E-state index contributed by atoms with van der Waals surface area (Å²) >= 11 is 0. The van der Waals surface area contributed by atoms with Crippen molar-refractivity contribution in [2.45, 2.75) is 25.4 Å². The van der Waals surface area contributed by atoms with Crippen LogP contribution in [-0.2, 0) is 9.53 Å². The number of aromatic nitrogens is 1. The van der Waals surface area contributed by atoms with Crippen LogP contribution in [0, 0.1) is 0 Å². The molecule has 114 valence electrons. The maximum atomic E-state index is 12.0. The lowest BCUT2D eigenvalue weighted by Gasteiger charge is -2.27. The van der Waals surface area contributed by atoms with E-state index < -0.39 is 6.10 Å². The lowest BCUT2D eigenvalue weighted by atomic mass is 10.1. The van der Waals surface area contributed by atoms with E-state index >= 15 is 0 Å². The molecule has 6 heteroatoms. The van der Waals surface area contributed by atoms with Gasteiger partial charge in [-0.2, -0.15) is 0 Å². The highest BCUT2D eigenvalue weighted by Crippen LogP contribution is 2.19. The summed E-state index contributed by atoms with van der Waals surface area (Å²) < 4.78 is 5.43. The Kier molecular flexibility index (Phi) is 4.67. The second-order valence-corrected chi connectivity index (χ2v) is 5.51. The Labute approximate surface area is 124 Å². The molecule has 0 aromatic carbocycles. The van der Waals surface area contributed by atoms with Crippen molar-refractivity contribution in [1.82, 2.24) is 10.3 Å². The minimum atomic E-state index is -0.416. The van der Waals surface area contributed by atoms with Crippen molar-refractivity contribution in [2.24, 2.45) is 0 Å². The van der Waals surface area contributed by atoms with E-state index in [0.29, 0.717) is 13.2 Å². The van der Waals surface area contributed by atoms with Gasteiger partial charge in [-0.1, -0.05) is 0 Å². The van der Waals surface area contributed by atoms with Gasteiger partial charge in [0.25, 0.3) is 5.91 Å². The molecule has 0 spiro atoms. The van der Waals surface area contributed by atoms with Gasteiger partial charge in [0.15, 0.2) is 0 Å². The minimum absolute atomic E-state index is 0.116. The summed E-state index contributed by atoms with van der Waals surface area (Å²) in [6.45, 7) is 4.08. The highest BCUT2D eigenvalue weighted by Gasteiger charge is 2.21. The van der Waals surface area contributed by atoms with E-state index in [0.717, 1.165) is 31.1 Å². The number of hydrogen-bond donors (Lipinski definition) is 2. The molecule has 2 aliphatic heterocycles. The van der Waals surface area contributed by atoms with Crippen molar-refractivity contribution >= 4 is 17.4 Å². The van der Waals surface area contributed by atoms with Crippen LogP contribution in [0.1, 0.15) is 19.3 Å². The first kappa shape index (κ1) is 14.3. The van der Waals surface area contributed by atoms with Crippen LogP contribution in [0.4, 0.5) is 11.5 Å². The summed E-state index contributed by atoms with van der Waals surface area (Å²) in [6, 6.07) is 3.88. The first-order chi connectivity index (χ1) is 10.3. The van der Waals surface area contributed by atoms with Gasteiger partial charge < -0.3 is 20.3 Å². The molecule has 3 heterocycles. The number of rotatable bonds is 3. The number of hydrogen-bond acceptors (Lipinski definition) is 5. The van der Waals surface area contributed by atoms with Crippen LogP contribution >= 0.6 is 0 Å². The van der Waals surface area contributed by atoms with Crippen molar-refractivity contribution in [3.8, 4) is 0 Å². The first-order valence-electron chi connectivity index (χ1n) is 7.67. The summed E-state index contributed by atoms with van der Waals surface area (Å²) in [5.41, 5.74) is 0.718. The van der Waals surface area contributed by atoms with Crippen LogP contribution in [0.3, 0.4) is 0 Å². The molecule has 21 heavy (non-hydrogen) atoms. The number of carbonyl (C=O) groups excluding carboxylic acids is 1. The molecule has 1 unspecified atom stereocenters. The Bertz CT molecular complexity index is 465. The lowest BCUT2D eigenvalue weighted by molar-refractivity contribution is -0.128. The van der Waals surface area contributed by atoms with Crippen LogP contribution in [0.15, 0.2) is 18.3 Å². The maximum absolute atomic E-state index is 12.0. The third-order valence-corrected chi connectivity index (χ3v) is 3.92. The van der Waals surface area contributed by atoms with Gasteiger partial charge in [0.1, 0.15) is 11.9 Å². The smallest absolute Gasteiger partial charge is 0.254 e. The molecule has 0 aliphatic carbocycles. The normalized spacial score (nSPS) is 22.9. The van der Waals surface area contributed by atoms with Crippen molar-refractivity contribution in [3.63, 3.8) is 0 Å². The fraction of sp³-hybridized carbons (Fsp3) is 0.600. The Morgan fingerprint density at radius 2 is 2.19 bits per heavy atom. The van der Waals surface area contributed by atoms with Gasteiger partial charge in [-0.3, -0.25) is 4.79 Å². The summed E-state index contributed by atoms with van der Waals surface area (Å²) in [5.74, 6) is 0.873. The van der Waals surface area contributed by atoms with Crippen LogP contribution in [0.5, 0.6) is 0 Å². The number of amides is 1. The molecule has 2 fully saturated rings. The largest absolute Gasteiger partial charge is 0.366 e. The number of anilines is 2. The third-order valence-electron chi connectivity index (χ3n) is 3.92. The zero-order valence-corrected chi connectivity index (χ0v) is 12.2. The van der Waals surface area contributed by atoms with Gasteiger partial charge in [-0.15, -0.1) is 0 Å². The van der Waals surface area contributed by atoms with E-state index in [9.17, 15) is 4.79 Å². The topological polar surface area (TPSA) is 66.5 Å². The molecule has 1 aromatic rings. The van der Waals surface area contributed by atoms with Gasteiger partial charge in [-0.05, 0) is 31.4 Å². The standard InChI is InChI=1S/C15H22N4O2/c20-15(13-11-16-6-9-21-13)18-12-4-5-14(17-10-12)19-7-2-1-3-8-19/h4-5,10,13,16H,1-3,6-9,11H2,(H,18,20). The van der Waals surface area contributed by atoms with Crippen molar-refractivity contribution < 1.29 is 9.53 Å². The van der Waals surface area contributed by atoms with Gasteiger partial charge in [0.2, 0.25) is 0 Å². The molecule has 0 saturated carbocycles. The monoisotopic (exact) mass is 290 g/mol. The number of nitrogens with one attached hydrogen (secondary N) is 2.